The normalized spacial score (nSPS) is 11.7. The van der Waals surface area contributed by atoms with Crippen LogP contribution in [0.3, 0.4) is 0 Å². The molecule has 0 atom stereocenters. The Morgan fingerprint density at radius 1 is 0.886 bits per heavy atom. The summed E-state index contributed by atoms with van der Waals surface area (Å²) in [6.45, 7) is 1.62. The first kappa shape index (κ1) is 22.5. The van der Waals surface area contributed by atoms with Gasteiger partial charge in [-0.25, -0.2) is 22.2 Å². The molecular formula is C24H18F2N6O2S. The predicted molar refractivity (Wildman–Crippen MR) is 127 cm³/mol. The van der Waals surface area contributed by atoms with E-state index in [1.807, 2.05) is 31.4 Å². The Morgan fingerprint density at radius 2 is 1.71 bits per heavy atom. The number of hydrogen-bond donors (Lipinski definition) is 1. The maximum atomic E-state index is 14.1. The van der Waals surface area contributed by atoms with Crippen LogP contribution in [0.4, 0.5) is 14.5 Å². The topological polar surface area (TPSA) is 103 Å². The summed E-state index contributed by atoms with van der Waals surface area (Å²) in [5.41, 5.74) is 4.72. The molecule has 0 saturated heterocycles. The van der Waals surface area contributed by atoms with Gasteiger partial charge in [-0.1, -0.05) is 6.07 Å². The molecule has 2 aromatic carbocycles. The van der Waals surface area contributed by atoms with Crippen LogP contribution in [0.2, 0.25) is 0 Å². The first-order valence-electron chi connectivity index (χ1n) is 10.4. The molecule has 0 aliphatic rings. The van der Waals surface area contributed by atoms with Gasteiger partial charge in [-0.15, -0.1) is 0 Å². The average molecular weight is 493 g/mol. The summed E-state index contributed by atoms with van der Waals surface area (Å²) in [7, 11) is -2.50. The van der Waals surface area contributed by atoms with Crippen molar-refractivity contribution < 1.29 is 17.2 Å². The van der Waals surface area contributed by atoms with Gasteiger partial charge in [0.25, 0.3) is 10.0 Å². The molecule has 8 nitrogen and oxygen atoms in total. The molecule has 5 aromatic rings. The van der Waals surface area contributed by atoms with E-state index in [1.54, 1.807) is 36.3 Å². The van der Waals surface area contributed by atoms with Gasteiger partial charge in [0.15, 0.2) is 0 Å². The van der Waals surface area contributed by atoms with E-state index in [0.717, 1.165) is 23.3 Å². The second kappa shape index (κ2) is 8.51. The summed E-state index contributed by atoms with van der Waals surface area (Å²) in [5.74, 6) is -2.05. The minimum Gasteiger partial charge on any atom is -0.278 e. The fourth-order valence-corrected chi connectivity index (χ4v) is 4.74. The number of rotatable bonds is 5. The Bertz CT molecular complexity index is 1700. The summed E-state index contributed by atoms with van der Waals surface area (Å²) in [6.07, 6.45) is 6.82. The smallest absolute Gasteiger partial charge is 0.264 e. The molecule has 176 valence electrons. The molecule has 35 heavy (non-hydrogen) atoms. The minimum atomic E-state index is -4.31. The molecule has 0 spiro atoms. The molecule has 1 N–H and O–H groups in total. The SMILES string of the molecule is Cc1ncc(-c2ccc3ncc(-c4cnn(C)c4)nc3c2)cc1NS(=O)(=O)c1ccc(F)cc1F. The number of hydrogen-bond acceptors (Lipinski definition) is 6. The van der Waals surface area contributed by atoms with Gasteiger partial charge in [0, 0.05) is 36.6 Å². The van der Waals surface area contributed by atoms with Crippen molar-refractivity contribution in [1.29, 1.82) is 0 Å². The highest BCUT2D eigenvalue weighted by atomic mass is 32.2. The van der Waals surface area contributed by atoms with Crippen LogP contribution in [-0.2, 0) is 17.1 Å². The van der Waals surface area contributed by atoms with Crippen molar-refractivity contribution >= 4 is 26.7 Å². The van der Waals surface area contributed by atoms with Crippen LogP contribution >= 0.6 is 0 Å². The van der Waals surface area contributed by atoms with E-state index in [0.29, 0.717) is 34.1 Å². The van der Waals surface area contributed by atoms with Gasteiger partial charge in [-0.05, 0) is 42.8 Å². The Hall–Kier alpha value is -4.25. The first-order valence-corrected chi connectivity index (χ1v) is 11.9. The van der Waals surface area contributed by atoms with Crippen LogP contribution in [0.15, 0.2) is 72.1 Å². The maximum absolute atomic E-state index is 14.1. The standard InChI is InChI=1S/C24H18F2N6O2S/c1-14-21(31-35(33,34)24-6-4-18(25)9-19(24)26)8-16(10-27-14)15-3-5-20-22(7-15)30-23(12-28-20)17-11-29-32(2)13-17/h3-13,31H,1-2H3. The van der Waals surface area contributed by atoms with Crippen LogP contribution < -0.4 is 4.72 Å². The summed E-state index contributed by atoms with van der Waals surface area (Å²) < 4.78 is 56.9. The zero-order chi connectivity index (χ0) is 24.7. The largest absolute Gasteiger partial charge is 0.278 e. The van der Waals surface area contributed by atoms with Crippen LogP contribution in [0.1, 0.15) is 5.69 Å². The first-order chi connectivity index (χ1) is 16.7. The quantitative estimate of drug-likeness (QED) is 0.388. The van der Waals surface area contributed by atoms with Gasteiger partial charge in [-0.2, -0.15) is 5.10 Å². The summed E-state index contributed by atoms with van der Waals surface area (Å²) in [6, 6.07) is 9.34. The molecule has 11 heteroatoms. The lowest BCUT2D eigenvalue weighted by molar-refractivity contribution is 0.551. The number of nitrogens with one attached hydrogen (secondary N) is 1. The van der Waals surface area contributed by atoms with Gasteiger partial charge >= 0.3 is 0 Å². The third-order valence-corrected chi connectivity index (χ3v) is 6.79. The van der Waals surface area contributed by atoms with Crippen LogP contribution in [-0.4, -0.2) is 33.2 Å². The summed E-state index contributed by atoms with van der Waals surface area (Å²) in [5, 5.41) is 4.16. The van der Waals surface area contributed by atoms with Gasteiger partial charge in [0.1, 0.15) is 16.5 Å². The van der Waals surface area contributed by atoms with E-state index < -0.39 is 26.6 Å². The van der Waals surface area contributed by atoms with Gasteiger partial charge in [0.05, 0.1) is 40.5 Å². The monoisotopic (exact) mass is 492 g/mol. The summed E-state index contributed by atoms with van der Waals surface area (Å²) >= 11 is 0. The number of halogens is 2. The molecule has 3 heterocycles. The lowest BCUT2D eigenvalue weighted by Gasteiger charge is -2.13. The average Bonchev–Trinajstić information content (AvgIpc) is 3.25. The maximum Gasteiger partial charge on any atom is 0.264 e. The fourth-order valence-electron chi connectivity index (χ4n) is 3.57. The van der Waals surface area contributed by atoms with E-state index in [-0.39, 0.29) is 5.69 Å². The lowest BCUT2D eigenvalue weighted by atomic mass is 10.1. The van der Waals surface area contributed by atoms with Gasteiger partial charge < -0.3 is 0 Å². The highest BCUT2D eigenvalue weighted by molar-refractivity contribution is 7.92. The van der Waals surface area contributed by atoms with Crippen molar-refractivity contribution in [3.8, 4) is 22.4 Å². The van der Waals surface area contributed by atoms with Crippen molar-refractivity contribution in [1.82, 2.24) is 24.7 Å². The third kappa shape index (κ3) is 4.45. The molecule has 0 aliphatic carbocycles. The Morgan fingerprint density at radius 3 is 2.46 bits per heavy atom. The van der Waals surface area contributed by atoms with Crippen molar-refractivity contribution in [2.45, 2.75) is 11.8 Å². The van der Waals surface area contributed by atoms with Crippen LogP contribution in [0, 0.1) is 18.6 Å². The fraction of sp³-hybridized carbons (Fsp3) is 0.0833. The molecule has 5 rings (SSSR count). The second-order valence-corrected chi connectivity index (χ2v) is 9.55. The van der Waals surface area contributed by atoms with E-state index >= 15 is 0 Å². The van der Waals surface area contributed by atoms with E-state index in [1.165, 1.54) is 0 Å². The molecule has 3 aromatic heterocycles. The van der Waals surface area contributed by atoms with Crippen molar-refractivity contribution in [2.75, 3.05) is 4.72 Å². The highest BCUT2D eigenvalue weighted by Gasteiger charge is 2.21. The number of nitrogens with zero attached hydrogens (tertiary/aromatic N) is 5. The number of anilines is 1. The summed E-state index contributed by atoms with van der Waals surface area (Å²) in [4.78, 5) is 12.8. The van der Waals surface area contributed by atoms with Crippen LogP contribution in [0.25, 0.3) is 33.4 Å². The van der Waals surface area contributed by atoms with E-state index in [9.17, 15) is 17.2 Å². The molecule has 0 bridgehead atoms. The number of aromatic nitrogens is 5. The zero-order valence-electron chi connectivity index (χ0n) is 18.6. The van der Waals surface area contributed by atoms with Gasteiger partial charge in [-0.3, -0.25) is 19.4 Å². The molecule has 0 saturated carbocycles. The number of benzene rings is 2. The second-order valence-electron chi connectivity index (χ2n) is 7.90. The number of pyridine rings is 1. The minimum absolute atomic E-state index is 0.168. The Balaban J connectivity index is 1.51. The Kier molecular flexibility index (Phi) is 5.48. The van der Waals surface area contributed by atoms with Gasteiger partial charge in [0.2, 0.25) is 0 Å². The zero-order valence-corrected chi connectivity index (χ0v) is 19.4. The highest BCUT2D eigenvalue weighted by Crippen LogP contribution is 2.29. The molecule has 0 unspecified atom stereocenters. The molecular weight excluding hydrogens is 474 g/mol. The molecule has 0 radical (unpaired) electrons. The number of sulfonamides is 1. The Labute approximate surface area is 199 Å². The number of fused-ring (bicyclic) bond motifs is 1. The number of aryl methyl sites for hydroxylation is 2. The van der Waals surface area contributed by atoms with E-state index in [4.69, 9.17) is 0 Å². The molecule has 0 aliphatic heterocycles. The molecule has 0 amide bonds. The van der Waals surface area contributed by atoms with Crippen molar-refractivity contribution in [2.24, 2.45) is 7.05 Å². The van der Waals surface area contributed by atoms with Crippen LogP contribution in [0.5, 0.6) is 0 Å². The van der Waals surface area contributed by atoms with Crippen molar-refractivity contribution in [3.63, 3.8) is 0 Å². The van der Waals surface area contributed by atoms with Crippen molar-refractivity contribution in [3.05, 3.63) is 84.6 Å². The molecule has 0 fully saturated rings. The third-order valence-electron chi connectivity index (χ3n) is 5.39. The van der Waals surface area contributed by atoms with E-state index in [2.05, 4.69) is 24.8 Å². The predicted octanol–water partition coefficient (Wildman–Crippen LogP) is 4.48. The lowest BCUT2D eigenvalue weighted by Crippen LogP contribution is -2.16.